The molecule has 2 amide bonds. The van der Waals surface area contributed by atoms with E-state index in [1.165, 1.54) is 7.11 Å². The molecule has 26 heavy (non-hydrogen) atoms. The Morgan fingerprint density at radius 1 is 1.12 bits per heavy atom. The van der Waals surface area contributed by atoms with E-state index in [1.54, 1.807) is 18.2 Å². The van der Waals surface area contributed by atoms with Crippen molar-refractivity contribution in [3.05, 3.63) is 53.1 Å². The molecule has 0 heterocycles. The normalized spacial score (nSPS) is 10.1. The van der Waals surface area contributed by atoms with Gasteiger partial charge in [-0.25, -0.2) is 4.79 Å². The first-order valence-electron chi connectivity index (χ1n) is 8.13. The number of anilines is 1. The highest BCUT2D eigenvalue weighted by molar-refractivity contribution is 6.31. The maximum Gasteiger partial charge on any atom is 0.406 e. The number of amides is 2. The zero-order valence-electron chi connectivity index (χ0n) is 14.7. The van der Waals surface area contributed by atoms with E-state index < -0.39 is 6.09 Å². The Balaban J connectivity index is 1.97. The standard InChI is InChI=1S/C19H21ClN2O4/c1-13-5-8-15(9-6-13)26-17-10-7-14(20)12-16(17)22-18(23)4-3-11-21-19(24)25-2/h5-10,12H,3-4,11H2,1-2H3,(H,21,24)(H,22,23). The second-order valence-corrected chi connectivity index (χ2v) is 6.06. The van der Waals surface area contributed by atoms with E-state index in [0.29, 0.717) is 35.2 Å². The van der Waals surface area contributed by atoms with Gasteiger partial charge in [0.05, 0.1) is 12.8 Å². The molecule has 0 atom stereocenters. The molecular weight excluding hydrogens is 356 g/mol. The number of halogens is 1. The van der Waals surface area contributed by atoms with Gasteiger partial charge in [0.25, 0.3) is 0 Å². The van der Waals surface area contributed by atoms with Crippen LogP contribution in [0.1, 0.15) is 18.4 Å². The van der Waals surface area contributed by atoms with E-state index in [0.717, 1.165) is 5.56 Å². The molecular formula is C19H21ClN2O4. The molecule has 2 rings (SSSR count). The predicted molar refractivity (Wildman–Crippen MR) is 101 cm³/mol. The fourth-order valence-electron chi connectivity index (χ4n) is 2.15. The summed E-state index contributed by atoms with van der Waals surface area (Å²) in [6.45, 7) is 2.34. The van der Waals surface area contributed by atoms with Crippen LogP contribution in [0.3, 0.4) is 0 Å². The molecule has 7 heteroatoms. The van der Waals surface area contributed by atoms with Crippen LogP contribution in [0.15, 0.2) is 42.5 Å². The van der Waals surface area contributed by atoms with Crippen LogP contribution >= 0.6 is 11.6 Å². The van der Waals surface area contributed by atoms with Crippen molar-refractivity contribution in [2.45, 2.75) is 19.8 Å². The number of carbonyl (C=O) groups excluding carboxylic acids is 2. The number of alkyl carbamates (subject to hydrolysis) is 1. The predicted octanol–water partition coefficient (Wildman–Crippen LogP) is 4.52. The second kappa shape index (κ2) is 9.68. The van der Waals surface area contributed by atoms with Gasteiger partial charge in [-0.15, -0.1) is 0 Å². The minimum Gasteiger partial charge on any atom is -0.455 e. The molecule has 0 spiro atoms. The molecule has 0 fully saturated rings. The van der Waals surface area contributed by atoms with E-state index in [4.69, 9.17) is 16.3 Å². The van der Waals surface area contributed by atoms with Gasteiger partial charge in [0.15, 0.2) is 5.75 Å². The molecule has 0 aliphatic carbocycles. The molecule has 0 radical (unpaired) electrons. The van der Waals surface area contributed by atoms with Crippen LogP contribution in [0.4, 0.5) is 10.5 Å². The summed E-state index contributed by atoms with van der Waals surface area (Å²) < 4.78 is 10.3. The molecule has 0 unspecified atom stereocenters. The van der Waals surface area contributed by atoms with Crippen LogP contribution in [0, 0.1) is 6.92 Å². The average molecular weight is 377 g/mol. The van der Waals surface area contributed by atoms with Crippen molar-refractivity contribution in [2.75, 3.05) is 19.0 Å². The Morgan fingerprint density at radius 2 is 1.85 bits per heavy atom. The number of nitrogens with one attached hydrogen (secondary N) is 2. The number of benzene rings is 2. The maximum atomic E-state index is 12.1. The lowest BCUT2D eigenvalue weighted by Crippen LogP contribution is -2.25. The molecule has 0 aromatic heterocycles. The first-order chi connectivity index (χ1) is 12.5. The second-order valence-electron chi connectivity index (χ2n) is 5.63. The monoisotopic (exact) mass is 376 g/mol. The van der Waals surface area contributed by atoms with E-state index in [1.807, 2.05) is 31.2 Å². The van der Waals surface area contributed by atoms with E-state index in [2.05, 4.69) is 15.4 Å². The third kappa shape index (κ3) is 6.29. The Hall–Kier alpha value is -2.73. The van der Waals surface area contributed by atoms with Crippen molar-refractivity contribution in [3.8, 4) is 11.5 Å². The first-order valence-corrected chi connectivity index (χ1v) is 8.51. The van der Waals surface area contributed by atoms with Gasteiger partial charge in [-0.1, -0.05) is 29.3 Å². The van der Waals surface area contributed by atoms with Crippen LogP contribution in [0.25, 0.3) is 0 Å². The minimum absolute atomic E-state index is 0.201. The number of carbonyl (C=O) groups is 2. The summed E-state index contributed by atoms with van der Waals surface area (Å²) in [7, 11) is 1.29. The molecule has 2 aromatic rings. The molecule has 0 bridgehead atoms. The van der Waals surface area contributed by atoms with Crippen LogP contribution < -0.4 is 15.4 Å². The van der Waals surface area contributed by atoms with Crippen LogP contribution in [-0.4, -0.2) is 25.7 Å². The van der Waals surface area contributed by atoms with Gasteiger partial charge in [0.1, 0.15) is 5.75 Å². The number of hydrogen-bond donors (Lipinski definition) is 2. The highest BCUT2D eigenvalue weighted by atomic mass is 35.5. The lowest BCUT2D eigenvalue weighted by molar-refractivity contribution is -0.116. The molecule has 6 nitrogen and oxygen atoms in total. The topological polar surface area (TPSA) is 76.7 Å². The van der Waals surface area contributed by atoms with E-state index >= 15 is 0 Å². The summed E-state index contributed by atoms with van der Waals surface area (Å²) in [5, 5.41) is 5.80. The third-order valence-electron chi connectivity index (χ3n) is 3.50. The zero-order chi connectivity index (χ0) is 18.9. The summed E-state index contributed by atoms with van der Waals surface area (Å²) in [6.07, 6.45) is 0.199. The lowest BCUT2D eigenvalue weighted by Gasteiger charge is -2.13. The van der Waals surface area contributed by atoms with Crippen molar-refractivity contribution in [1.29, 1.82) is 0 Å². The SMILES string of the molecule is COC(=O)NCCCC(=O)Nc1cc(Cl)ccc1Oc1ccc(C)cc1. The lowest BCUT2D eigenvalue weighted by atomic mass is 10.2. The largest absolute Gasteiger partial charge is 0.455 e. The number of rotatable bonds is 7. The fraction of sp³-hybridized carbons (Fsp3) is 0.263. The average Bonchev–Trinajstić information content (AvgIpc) is 2.62. The van der Waals surface area contributed by atoms with Gasteiger partial charge in [-0.3, -0.25) is 4.79 Å². The Labute approximate surface area is 157 Å². The van der Waals surface area contributed by atoms with Crippen molar-refractivity contribution in [3.63, 3.8) is 0 Å². The minimum atomic E-state index is -0.519. The molecule has 0 aliphatic heterocycles. The zero-order valence-corrected chi connectivity index (χ0v) is 15.4. The Bertz CT molecular complexity index is 763. The Morgan fingerprint density at radius 3 is 2.54 bits per heavy atom. The van der Waals surface area contributed by atoms with Gasteiger partial charge >= 0.3 is 6.09 Å². The molecule has 2 N–H and O–H groups in total. The quantitative estimate of drug-likeness (QED) is 0.697. The number of ether oxygens (including phenoxy) is 2. The molecule has 0 saturated heterocycles. The molecule has 0 aliphatic rings. The van der Waals surface area contributed by atoms with Crippen molar-refractivity contribution in [1.82, 2.24) is 5.32 Å². The summed E-state index contributed by atoms with van der Waals surface area (Å²) in [6, 6.07) is 12.6. The fourth-order valence-corrected chi connectivity index (χ4v) is 2.32. The van der Waals surface area contributed by atoms with E-state index in [-0.39, 0.29) is 12.3 Å². The smallest absolute Gasteiger partial charge is 0.406 e. The van der Waals surface area contributed by atoms with E-state index in [9.17, 15) is 9.59 Å². The Kier molecular flexibility index (Phi) is 7.29. The van der Waals surface area contributed by atoms with Crippen LogP contribution in [-0.2, 0) is 9.53 Å². The van der Waals surface area contributed by atoms with Crippen LogP contribution in [0.2, 0.25) is 5.02 Å². The van der Waals surface area contributed by atoms with Gasteiger partial charge in [-0.2, -0.15) is 0 Å². The highest BCUT2D eigenvalue weighted by Gasteiger charge is 2.10. The maximum absolute atomic E-state index is 12.1. The first kappa shape index (κ1) is 19.6. The summed E-state index contributed by atoms with van der Waals surface area (Å²) in [4.78, 5) is 23.1. The highest BCUT2D eigenvalue weighted by Crippen LogP contribution is 2.32. The van der Waals surface area contributed by atoms with Crippen molar-refractivity contribution >= 4 is 29.3 Å². The van der Waals surface area contributed by atoms with Gasteiger partial charge in [0, 0.05) is 18.0 Å². The van der Waals surface area contributed by atoms with Gasteiger partial charge in [0.2, 0.25) is 5.91 Å². The summed E-state index contributed by atoms with van der Waals surface area (Å²) >= 11 is 6.03. The molecule has 2 aromatic carbocycles. The summed E-state index contributed by atoms with van der Waals surface area (Å²) in [5.41, 5.74) is 1.62. The van der Waals surface area contributed by atoms with Crippen molar-refractivity contribution < 1.29 is 19.1 Å². The van der Waals surface area contributed by atoms with Gasteiger partial charge in [-0.05, 0) is 43.7 Å². The van der Waals surface area contributed by atoms with Gasteiger partial charge < -0.3 is 20.1 Å². The molecule has 138 valence electrons. The third-order valence-corrected chi connectivity index (χ3v) is 3.73. The number of hydrogen-bond acceptors (Lipinski definition) is 4. The number of methoxy groups -OCH3 is 1. The van der Waals surface area contributed by atoms with Crippen molar-refractivity contribution in [2.24, 2.45) is 0 Å². The number of aryl methyl sites for hydroxylation is 1. The molecule has 0 saturated carbocycles. The summed E-state index contributed by atoms with van der Waals surface area (Å²) in [5.74, 6) is 0.961. The van der Waals surface area contributed by atoms with Crippen LogP contribution in [0.5, 0.6) is 11.5 Å².